The molecule has 2 N–H and O–H groups in total. The van der Waals surface area contributed by atoms with Crippen LogP contribution in [0.3, 0.4) is 0 Å². The fourth-order valence-electron chi connectivity index (χ4n) is 3.31. The van der Waals surface area contributed by atoms with Crippen LogP contribution in [0, 0.1) is 12.8 Å². The van der Waals surface area contributed by atoms with Crippen molar-refractivity contribution in [2.75, 3.05) is 23.2 Å². The largest absolute Gasteiger partial charge is 0.352 e. The van der Waals surface area contributed by atoms with Crippen LogP contribution in [-0.4, -0.2) is 33.8 Å². The van der Waals surface area contributed by atoms with E-state index in [1.165, 1.54) is 19.2 Å². The topological polar surface area (TPSA) is 95.6 Å². The van der Waals surface area contributed by atoms with E-state index in [9.17, 15) is 18.0 Å². The number of carbonyl (C=O) groups excluding carboxylic acids is 2. The number of nitrogens with zero attached hydrogens (tertiary/aromatic N) is 1. The molecule has 7 nitrogen and oxygen atoms in total. The fraction of sp³-hybridized carbons (Fsp3) is 0.231. The smallest absolute Gasteiger partial charge is 0.264 e. The van der Waals surface area contributed by atoms with E-state index < -0.39 is 15.9 Å². The quantitative estimate of drug-likeness (QED) is 0.499. The van der Waals surface area contributed by atoms with Gasteiger partial charge in [0.15, 0.2) is 0 Å². The van der Waals surface area contributed by atoms with Gasteiger partial charge in [0, 0.05) is 13.6 Å². The van der Waals surface area contributed by atoms with E-state index in [1.807, 2.05) is 20.8 Å². The Morgan fingerprint density at radius 2 is 1.44 bits per heavy atom. The van der Waals surface area contributed by atoms with E-state index in [0.29, 0.717) is 17.8 Å². The Balaban J connectivity index is 1.90. The number of amides is 2. The monoisotopic (exact) mass is 479 g/mol. The molecular weight excluding hydrogens is 450 g/mol. The van der Waals surface area contributed by atoms with Gasteiger partial charge in [-0.1, -0.05) is 55.8 Å². The summed E-state index contributed by atoms with van der Waals surface area (Å²) in [4.78, 5) is 26.0. The third kappa shape index (κ3) is 5.63. The molecular formula is C26H29N3O4S. The lowest BCUT2D eigenvalue weighted by atomic mass is 10.1. The number of carbonyl (C=O) groups is 2. The number of para-hydroxylation sites is 2. The van der Waals surface area contributed by atoms with Crippen molar-refractivity contribution in [3.63, 3.8) is 0 Å². The highest BCUT2D eigenvalue weighted by Crippen LogP contribution is 2.27. The van der Waals surface area contributed by atoms with Crippen molar-refractivity contribution >= 4 is 33.2 Å². The summed E-state index contributed by atoms with van der Waals surface area (Å²) in [6.45, 7) is 6.37. The molecule has 0 heterocycles. The molecule has 0 aliphatic heterocycles. The fourth-order valence-corrected chi connectivity index (χ4v) is 4.52. The second-order valence-corrected chi connectivity index (χ2v) is 10.4. The zero-order chi connectivity index (χ0) is 24.9. The standard InChI is InChI=1S/C26H29N3O4S/c1-18(2)17-27-25(30)21-9-5-7-11-23(21)28-26(31)22-10-6-8-12-24(22)29(4)34(32,33)20-15-13-19(3)14-16-20/h5-16,18H,17H2,1-4H3,(H,27,30)(H,28,31). The maximum Gasteiger partial charge on any atom is 0.264 e. The minimum absolute atomic E-state index is 0.128. The highest BCUT2D eigenvalue weighted by atomic mass is 32.2. The van der Waals surface area contributed by atoms with Crippen LogP contribution >= 0.6 is 0 Å². The zero-order valence-electron chi connectivity index (χ0n) is 19.7. The Kier molecular flexibility index (Phi) is 7.73. The molecule has 34 heavy (non-hydrogen) atoms. The van der Waals surface area contributed by atoms with Crippen LogP contribution in [0.2, 0.25) is 0 Å². The molecule has 0 aromatic heterocycles. The number of sulfonamides is 1. The van der Waals surface area contributed by atoms with Crippen LogP contribution < -0.4 is 14.9 Å². The average molecular weight is 480 g/mol. The molecule has 0 radical (unpaired) electrons. The van der Waals surface area contributed by atoms with E-state index in [1.54, 1.807) is 60.7 Å². The number of benzene rings is 3. The van der Waals surface area contributed by atoms with Crippen molar-refractivity contribution in [3.05, 3.63) is 89.5 Å². The Hall–Kier alpha value is -3.65. The maximum absolute atomic E-state index is 13.2. The van der Waals surface area contributed by atoms with E-state index in [4.69, 9.17) is 0 Å². The van der Waals surface area contributed by atoms with Crippen molar-refractivity contribution in [2.24, 2.45) is 5.92 Å². The minimum Gasteiger partial charge on any atom is -0.352 e. The maximum atomic E-state index is 13.2. The summed E-state index contributed by atoms with van der Waals surface area (Å²) < 4.78 is 27.5. The first-order valence-electron chi connectivity index (χ1n) is 10.9. The molecule has 0 fully saturated rings. The lowest BCUT2D eigenvalue weighted by molar-refractivity contribution is 0.0950. The van der Waals surface area contributed by atoms with Gasteiger partial charge >= 0.3 is 0 Å². The second-order valence-electron chi connectivity index (χ2n) is 8.41. The van der Waals surface area contributed by atoms with Crippen LogP contribution in [0.1, 0.15) is 40.1 Å². The van der Waals surface area contributed by atoms with Crippen LogP contribution in [-0.2, 0) is 10.0 Å². The Labute approximate surface area is 200 Å². The third-order valence-corrected chi connectivity index (χ3v) is 7.04. The van der Waals surface area contributed by atoms with Crippen LogP contribution in [0.4, 0.5) is 11.4 Å². The first kappa shape index (κ1) is 25.0. The van der Waals surface area contributed by atoms with Gasteiger partial charge in [-0.3, -0.25) is 13.9 Å². The number of anilines is 2. The number of rotatable bonds is 8. The van der Waals surface area contributed by atoms with Crippen molar-refractivity contribution < 1.29 is 18.0 Å². The molecule has 0 saturated carbocycles. The first-order valence-corrected chi connectivity index (χ1v) is 12.4. The van der Waals surface area contributed by atoms with Gasteiger partial charge < -0.3 is 10.6 Å². The molecule has 3 rings (SSSR count). The van der Waals surface area contributed by atoms with Crippen LogP contribution in [0.15, 0.2) is 77.7 Å². The van der Waals surface area contributed by atoms with Gasteiger partial charge in [-0.05, 0) is 49.2 Å². The Bertz CT molecular complexity index is 1290. The number of hydrogen-bond donors (Lipinski definition) is 2. The molecule has 178 valence electrons. The lowest BCUT2D eigenvalue weighted by Crippen LogP contribution is -2.30. The summed E-state index contributed by atoms with van der Waals surface area (Å²) in [5.74, 6) is -0.536. The molecule has 0 aliphatic rings. The highest BCUT2D eigenvalue weighted by Gasteiger charge is 2.25. The summed E-state index contributed by atoms with van der Waals surface area (Å²) in [6, 6.07) is 19.7. The lowest BCUT2D eigenvalue weighted by Gasteiger charge is -2.22. The molecule has 8 heteroatoms. The van der Waals surface area contributed by atoms with Crippen molar-refractivity contribution in [3.8, 4) is 0 Å². The van der Waals surface area contributed by atoms with Gasteiger partial charge in [0.25, 0.3) is 21.8 Å². The van der Waals surface area contributed by atoms with E-state index in [2.05, 4.69) is 10.6 Å². The summed E-state index contributed by atoms with van der Waals surface area (Å²) in [5, 5.41) is 5.61. The number of hydrogen-bond acceptors (Lipinski definition) is 4. The van der Waals surface area contributed by atoms with Crippen LogP contribution in [0.5, 0.6) is 0 Å². The second kappa shape index (κ2) is 10.5. The van der Waals surface area contributed by atoms with E-state index >= 15 is 0 Å². The van der Waals surface area contributed by atoms with Gasteiger partial charge in [0.1, 0.15) is 0 Å². The molecule has 0 bridgehead atoms. The van der Waals surface area contributed by atoms with Gasteiger partial charge in [-0.15, -0.1) is 0 Å². The normalized spacial score (nSPS) is 11.2. The molecule has 3 aromatic rings. The molecule has 0 atom stereocenters. The van der Waals surface area contributed by atoms with Crippen molar-refractivity contribution in [1.82, 2.24) is 5.32 Å². The van der Waals surface area contributed by atoms with Gasteiger partial charge in [0.2, 0.25) is 0 Å². The van der Waals surface area contributed by atoms with Gasteiger partial charge in [-0.2, -0.15) is 0 Å². The van der Waals surface area contributed by atoms with Gasteiger partial charge in [0.05, 0.1) is 27.4 Å². The third-order valence-electron chi connectivity index (χ3n) is 5.26. The Morgan fingerprint density at radius 3 is 2.09 bits per heavy atom. The predicted octanol–water partition coefficient (Wildman–Crippen LogP) is 4.46. The van der Waals surface area contributed by atoms with Gasteiger partial charge in [-0.25, -0.2) is 8.42 Å². The number of aryl methyl sites for hydroxylation is 1. The number of nitrogens with one attached hydrogen (secondary N) is 2. The molecule has 2 amide bonds. The summed E-state index contributed by atoms with van der Waals surface area (Å²) >= 11 is 0. The Morgan fingerprint density at radius 1 is 0.853 bits per heavy atom. The summed E-state index contributed by atoms with van der Waals surface area (Å²) in [6.07, 6.45) is 0. The first-order chi connectivity index (χ1) is 16.1. The molecule has 0 saturated heterocycles. The van der Waals surface area contributed by atoms with Crippen molar-refractivity contribution in [2.45, 2.75) is 25.7 Å². The molecule has 0 aliphatic carbocycles. The van der Waals surface area contributed by atoms with Crippen LogP contribution in [0.25, 0.3) is 0 Å². The average Bonchev–Trinajstić information content (AvgIpc) is 2.82. The SMILES string of the molecule is Cc1ccc(S(=O)(=O)N(C)c2ccccc2C(=O)Nc2ccccc2C(=O)NCC(C)C)cc1. The molecule has 3 aromatic carbocycles. The highest BCUT2D eigenvalue weighted by molar-refractivity contribution is 7.92. The van der Waals surface area contributed by atoms with E-state index in [-0.39, 0.29) is 28.0 Å². The summed E-state index contributed by atoms with van der Waals surface area (Å²) in [7, 11) is -2.47. The van der Waals surface area contributed by atoms with E-state index in [0.717, 1.165) is 9.87 Å². The summed E-state index contributed by atoms with van der Waals surface area (Å²) in [5.41, 5.74) is 2.00. The van der Waals surface area contributed by atoms with Crippen molar-refractivity contribution in [1.29, 1.82) is 0 Å². The zero-order valence-corrected chi connectivity index (χ0v) is 20.5. The molecule has 0 unspecified atom stereocenters. The molecule has 0 spiro atoms. The minimum atomic E-state index is -3.89. The predicted molar refractivity (Wildman–Crippen MR) is 135 cm³/mol.